The summed E-state index contributed by atoms with van der Waals surface area (Å²) in [6.07, 6.45) is 3.33. The number of hydrogen-bond donors (Lipinski definition) is 2. The van der Waals surface area contributed by atoms with E-state index in [0.29, 0.717) is 12.1 Å². The van der Waals surface area contributed by atoms with Crippen LogP contribution in [-0.4, -0.2) is 36.0 Å². The van der Waals surface area contributed by atoms with E-state index in [9.17, 15) is 5.11 Å². The average molecular weight is 231 g/mol. The zero-order valence-corrected chi connectivity index (χ0v) is 11.5. The van der Waals surface area contributed by atoms with Gasteiger partial charge in [-0.2, -0.15) is 0 Å². The normalized spacial score (nSPS) is 17.4. The Morgan fingerprint density at radius 1 is 1.31 bits per heavy atom. The van der Waals surface area contributed by atoms with Gasteiger partial charge in [0, 0.05) is 18.2 Å². The van der Waals surface area contributed by atoms with E-state index < -0.39 is 0 Å². The summed E-state index contributed by atoms with van der Waals surface area (Å²) in [6, 6.07) is 0.396. The van der Waals surface area contributed by atoms with Gasteiger partial charge in [0.15, 0.2) is 0 Å². The van der Waals surface area contributed by atoms with Gasteiger partial charge in [-0.3, -0.25) is 0 Å². The minimum absolute atomic E-state index is 0.174. The maximum Gasteiger partial charge on any atom is 0.0610 e. The van der Waals surface area contributed by atoms with Crippen LogP contribution in [-0.2, 0) is 4.74 Å². The Morgan fingerprint density at radius 3 is 2.38 bits per heavy atom. The number of aliphatic hydroxyl groups excluding tert-OH is 1. The van der Waals surface area contributed by atoms with E-state index in [1.165, 1.54) is 0 Å². The van der Waals surface area contributed by atoms with Crippen molar-refractivity contribution in [3.8, 4) is 0 Å². The molecule has 0 bridgehead atoms. The molecule has 0 spiro atoms. The van der Waals surface area contributed by atoms with Crippen molar-refractivity contribution < 1.29 is 9.84 Å². The monoisotopic (exact) mass is 231 g/mol. The SMILES string of the molecule is CCC(C)OCCCC(C)(CO)NC(C)C. The van der Waals surface area contributed by atoms with Gasteiger partial charge in [-0.1, -0.05) is 20.8 Å². The molecule has 0 rings (SSSR count). The first kappa shape index (κ1) is 15.9. The first-order chi connectivity index (χ1) is 7.43. The summed E-state index contributed by atoms with van der Waals surface area (Å²) in [6.45, 7) is 11.4. The predicted octanol–water partition coefficient (Wildman–Crippen LogP) is 2.33. The first-order valence-electron chi connectivity index (χ1n) is 6.43. The van der Waals surface area contributed by atoms with Gasteiger partial charge in [0.25, 0.3) is 0 Å². The van der Waals surface area contributed by atoms with Crippen LogP contribution >= 0.6 is 0 Å². The molecule has 0 amide bonds. The molecule has 0 radical (unpaired) electrons. The molecule has 0 aliphatic heterocycles. The summed E-state index contributed by atoms with van der Waals surface area (Å²) in [5.41, 5.74) is -0.174. The molecule has 2 atom stereocenters. The molecule has 0 fully saturated rings. The van der Waals surface area contributed by atoms with Crippen LogP contribution in [0.25, 0.3) is 0 Å². The molecule has 16 heavy (non-hydrogen) atoms. The van der Waals surface area contributed by atoms with E-state index in [0.717, 1.165) is 25.9 Å². The van der Waals surface area contributed by atoms with E-state index in [-0.39, 0.29) is 12.1 Å². The smallest absolute Gasteiger partial charge is 0.0610 e. The van der Waals surface area contributed by atoms with Gasteiger partial charge >= 0.3 is 0 Å². The van der Waals surface area contributed by atoms with Crippen LogP contribution in [0.4, 0.5) is 0 Å². The third-order valence-electron chi connectivity index (χ3n) is 2.84. The van der Waals surface area contributed by atoms with Crippen LogP contribution < -0.4 is 5.32 Å². The highest BCUT2D eigenvalue weighted by atomic mass is 16.5. The van der Waals surface area contributed by atoms with Crippen molar-refractivity contribution in [2.75, 3.05) is 13.2 Å². The Balaban J connectivity index is 3.78. The van der Waals surface area contributed by atoms with Crippen LogP contribution in [0.15, 0.2) is 0 Å². The van der Waals surface area contributed by atoms with Crippen LogP contribution in [0.1, 0.15) is 53.9 Å². The number of nitrogens with one attached hydrogen (secondary N) is 1. The summed E-state index contributed by atoms with van der Waals surface area (Å²) in [5, 5.41) is 12.8. The van der Waals surface area contributed by atoms with Crippen molar-refractivity contribution in [3.63, 3.8) is 0 Å². The molecule has 0 saturated heterocycles. The molecule has 98 valence electrons. The molecule has 3 nitrogen and oxygen atoms in total. The fraction of sp³-hybridized carbons (Fsp3) is 1.00. The third-order valence-corrected chi connectivity index (χ3v) is 2.84. The summed E-state index contributed by atoms with van der Waals surface area (Å²) >= 11 is 0. The van der Waals surface area contributed by atoms with Crippen molar-refractivity contribution in [3.05, 3.63) is 0 Å². The highest BCUT2D eigenvalue weighted by Crippen LogP contribution is 2.13. The summed E-state index contributed by atoms with van der Waals surface area (Å²) in [7, 11) is 0. The topological polar surface area (TPSA) is 41.5 Å². The second kappa shape index (κ2) is 8.04. The van der Waals surface area contributed by atoms with E-state index in [1.807, 2.05) is 0 Å². The summed E-state index contributed by atoms with van der Waals surface area (Å²) < 4.78 is 5.63. The number of hydrogen-bond acceptors (Lipinski definition) is 3. The second-order valence-electron chi connectivity index (χ2n) is 5.21. The van der Waals surface area contributed by atoms with Gasteiger partial charge in [0.05, 0.1) is 12.7 Å². The zero-order valence-electron chi connectivity index (χ0n) is 11.5. The molecular formula is C13H29NO2. The van der Waals surface area contributed by atoms with Crippen LogP contribution in [0.5, 0.6) is 0 Å². The maximum atomic E-state index is 9.39. The molecule has 0 aliphatic carbocycles. The fourth-order valence-electron chi connectivity index (χ4n) is 1.76. The van der Waals surface area contributed by atoms with Crippen LogP contribution in [0.2, 0.25) is 0 Å². The molecule has 0 heterocycles. The molecule has 0 aliphatic rings. The highest BCUT2D eigenvalue weighted by Gasteiger charge is 2.23. The van der Waals surface area contributed by atoms with Gasteiger partial charge in [-0.25, -0.2) is 0 Å². The highest BCUT2D eigenvalue weighted by molar-refractivity contribution is 4.83. The van der Waals surface area contributed by atoms with Gasteiger partial charge in [-0.15, -0.1) is 0 Å². The van der Waals surface area contributed by atoms with Gasteiger partial charge < -0.3 is 15.2 Å². The maximum absolute atomic E-state index is 9.39. The van der Waals surface area contributed by atoms with Gasteiger partial charge in [0.1, 0.15) is 0 Å². The van der Waals surface area contributed by atoms with Crippen molar-refractivity contribution >= 4 is 0 Å². The number of aliphatic hydroxyl groups is 1. The lowest BCUT2D eigenvalue weighted by molar-refractivity contribution is 0.0529. The molecule has 0 saturated carbocycles. The standard InChI is InChI=1S/C13H29NO2/c1-6-12(4)16-9-7-8-13(5,10-15)14-11(2)3/h11-12,14-15H,6-10H2,1-5H3. The Bertz CT molecular complexity index is 173. The minimum Gasteiger partial charge on any atom is -0.394 e. The lowest BCUT2D eigenvalue weighted by Crippen LogP contribution is -2.49. The molecule has 0 aromatic heterocycles. The quantitative estimate of drug-likeness (QED) is 0.598. The lowest BCUT2D eigenvalue weighted by atomic mass is 9.96. The van der Waals surface area contributed by atoms with E-state index in [1.54, 1.807) is 0 Å². The lowest BCUT2D eigenvalue weighted by Gasteiger charge is -2.31. The molecule has 2 N–H and O–H groups in total. The van der Waals surface area contributed by atoms with E-state index >= 15 is 0 Å². The van der Waals surface area contributed by atoms with Crippen molar-refractivity contribution in [2.45, 2.75) is 71.6 Å². The first-order valence-corrected chi connectivity index (χ1v) is 6.43. The molecule has 2 unspecified atom stereocenters. The Morgan fingerprint density at radius 2 is 1.94 bits per heavy atom. The summed E-state index contributed by atoms with van der Waals surface area (Å²) in [5.74, 6) is 0. The minimum atomic E-state index is -0.174. The number of ether oxygens (including phenoxy) is 1. The van der Waals surface area contributed by atoms with E-state index in [2.05, 4.69) is 39.9 Å². The van der Waals surface area contributed by atoms with Crippen molar-refractivity contribution in [2.24, 2.45) is 0 Å². The Labute approximate surface area is 101 Å². The van der Waals surface area contributed by atoms with Crippen molar-refractivity contribution in [1.82, 2.24) is 5.32 Å². The molecule has 3 heteroatoms. The Hall–Kier alpha value is -0.120. The molecular weight excluding hydrogens is 202 g/mol. The van der Waals surface area contributed by atoms with Gasteiger partial charge in [0.2, 0.25) is 0 Å². The average Bonchev–Trinajstić information content (AvgIpc) is 2.23. The van der Waals surface area contributed by atoms with Crippen molar-refractivity contribution in [1.29, 1.82) is 0 Å². The predicted molar refractivity (Wildman–Crippen MR) is 68.7 cm³/mol. The largest absolute Gasteiger partial charge is 0.394 e. The molecule has 0 aromatic carbocycles. The Kier molecular flexibility index (Phi) is 7.98. The fourth-order valence-corrected chi connectivity index (χ4v) is 1.76. The molecule has 0 aromatic rings. The van der Waals surface area contributed by atoms with Crippen LogP contribution in [0.3, 0.4) is 0 Å². The summed E-state index contributed by atoms with van der Waals surface area (Å²) in [4.78, 5) is 0. The second-order valence-corrected chi connectivity index (χ2v) is 5.21. The third kappa shape index (κ3) is 7.20. The van der Waals surface area contributed by atoms with Gasteiger partial charge in [-0.05, 0) is 33.1 Å². The number of rotatable bonds is 9. The van der Waals surface area contributed by atoms with E-state index in [4.69, 9.17) is 4.74 Å². The van der Waals surface area contributed by atoms with Crippen LogP contribution in [0, 0.1) is 0 Å². The zero-order chi connectivity index (χ0) is 12.6.